The number of nitrogens with one attached hydrogen (secondary N) is 1. The number of hydrogen-bond donors (Lipinski definition) is 1. The molecule has 2 aromatic carbocycles. The normalized spacial score (nSPS) is 12.0. The summed E-state index contributed by atoms with van der Waals surface area (Å²) in [6.07, 6.45) is 0. The van der Waals surface area contributed by atoms with Crippen LogP contribution in [0.15, 0.2) is 46.9 Å². The molecule has 2 aromatic rings. The van der Waals surface area contributed by atoms with E-state index in [1.165, 1.54) is 11.1 Å². The first-order chi connectivity index (χ1) is 9.47. The molecule has 0 saturated carbocycles. The third-order valence-electron chi connectivity index (χ3n) is 3.33. The second-order valence-electron chi connectivity index (χ2n) is 5.07. The second-order valence-corrected chi connectivity index (χ2v) is 5.98. The van der Waals surface area contributed by atoms with Crippen molar-refractivity contribution in [3.05, 3.63) is 69.2 Å². The number of carbonyl (C=O) groups is 1. The van der Waals surface area contributed by atoms with Gasteiger partial charge in [-0.05, 0) is 50.1 Å². The molecule has 0 saturated heterocycles. The molecule has 2 rings (SSSR count). The monoisotopic (exact) mass is 331 g/mol. The van der Waals surface area contributed by atoms with Crippen molar-refractivity contribution in [2.75, 3.05) is 0 Å². The molecule has 1 atom stereocenters. The fourth-order valence-corrected chi connectivity index (χ4v) is 2.70. The zero-order valence-electron chi connectivity index (χ0n) is 11.9. The zero-order valence-corrected chi connectivity index (χ0v) is 13.5. The van der Waals surface area contributed by atoms with Crippen LogP contribution in [0.4, 0.5) is 0 Å². The quantitative estimate of drug-likeness (QED) is 0.877. The first-order valence-electron chi connectivity index (χ1n) is 6.61. The minimum Gasteiger partial charge on any atom is -0.346 e. The minimum atomic E-state index is -0.0567. The Morgan fingerprint density at radius 1 is 1.15 bits per heavy atom. The van der Waals surface area contributed by atoms with Crippen molar-refractivity contribution >= 4 is 21.8 Å². The molecule has 2 nitrogen and oxygen atoms in total. The van der Waals surface area contributed by atoms with Crippen molar-refractivity contribution in [1.82, 2.24) is 5.32 Å². The van der Waals surface area contributed by atoms with E-state index in [1.54, 1.807) is 0 Å². The lowest BCUT2D eigenvalue weighted by Crippen LogP contribution is -2.27. The van der Waals surface area contributed by atoms with E-state index in [0.717, 1.165) is 10.0 Å². The van der Waals surface area contributed by atoms with Crippen molar-refractivity contribution in [3.8, 4) is 0 Å². The van der Waals surface area contributed by atoms with Crippen molar-refractivity contribution in [3.63, 3.8) is 0 Å². The topological polar surface area (TPSA) is 29.1 Å². The molecule has 0 aromatic heterocycles. The lowest BCUT2D eigenvalue weighted by Gasteiger charge is -2.17. The number of halogens is 1. The van der Waals surface area contributed by atoms with Gasteiger partial charge in [0.05, 0.1) is 6.04 Å². The van der Waals surface area contributed by atoms with Crippen molar-refractivity contribution in [1.29, 1.82) is 0 Å². The van der Waals surface area contributed by atoms with Crippen LogP contribution >= 0.6 is 15.9 Å². The third kappa shape index (κ3) is 3.48. The average molecular weight is 332 g/mol. The summed E-state index contributed by atoms with van der Waals surface area (Å²) < 4.78 is 0.907. The van der Waals surface area contributed by atoms with Crippen LogP contribution in [0.2, 0.25) is 0 Å². The molecule has 0 aliphatic heterocycles. The van der Waals surface area contributed by atoms with Crippen molar-refractivity contribution in [2.24, 2.45) is 0 Å². The molecule has 0 radical (unpaired) electrons. The standard InChI is InChI=1S/C17H18BrNO/c1-11-7-8-16(12(2)9-11)13(3)19-17(20)14-5-4-6-15(18)10-14/h4-10,13H,1-3H3,(H,19,20). The summed E-state index contributed by atoms with van der Waals surface area (Å²) in [4.78, 5) is 12.2. The number of benzene rings is 2. The molecule has 104 valence electrons. The van der Waals surface area contributed by atoms with Crippen LogP contribution < -0.4 is 5.32 Å². The smallest absolute Gasteiger partial charge is 0.251 e. The van der Waals surface area contributed by atoms with E-state index in [9.17, 15) is 4.79 Å². The average Bonchev–Trinajstić information content (AvgIpc) is 2.38. The van der Waals surface area contributed by atoms with E-state index in [4.69, 9.17) is 0 Å². The van der Waals surface area contributed by atoms with Crippen molar-refractivity contribution in [2.45, 2.75) is 26.8 Å². The van der Waals surface area contributed by atoms with Crippen LogP contribution in [-0.2, 0) is 0 Å². The van der Waals surface area contributed by atoms with E-state index >= 15 is 0 Å². The Morgan fingerprint density at radius 3 is 2.55 bits per heavy atom. The molecule has 0 aliphatic carbocycles. The molecular weight excluding hydrogens is 314 g/mol. The van der Waals surface area contributed by atoms with E-state index in [-0.39, 0.29) is 11.9 Å². The Labute approximate surface area is 128 Å². The highest BCUT2D eigenvalue weighted by molar-refractivity contribution is 9.10. The van der Waals surface area contributed by atoms with Crippen molar-refractivity contribution < 1.29 is 4.79 Å². The minimum absolute atomic E-state index is 0.0120. The maximum atomic E-state index is 12.2. The van der Waals surface area contributed by atoms with Crippen LogP contribution in [0.5, 0.6) is 0 Å². The molecule has 0 fully saturated rings. The fourth-order valence-electron chi connectivity index (χ4n) is 2.30. The van der Waals surface area contributed by atoms with Crippen LogP contribution in [0.1, 0.15) is 40.0 Å². The summed E-state index contributed by atoms with van der Waals surface area (Å²) in [7, 11) is 0. The number of aryl methyl sites for hydroxylation is 2. The summed E-state index contributed by atoms with van der Waals surface area (Å²) in [5.41, 5.74) is 4.25. The number of rotatable bonds is 3. The largest absolute Gasteiger partial charge is 0.346 e. The number of hydrogen-bond acceptors (Lipinski definition) is 1. The maximum absolute atomic E-state index is 12.2. The molecule has 0 heterocycles. The molecular formula is C17H18BrNO. The van der Waals surface area contributed by atoms with E-state index in [2.05, 4.69) is 53.3 Å². The van der Waals surface area contributed by atoms with E-state index in [1.807, 2.05) is 31.2 Å². The fraction of sp³-hybridized carbons (Fsp3) is 0.235. The second kappa shape index (κ2) is 6.23. The van der Waals surface area contributed by atoms with Gasteiger partial charge in [0.1, 0.15) is 0 Å². The zero-order chi connectivity index (χ0) is 14.7. The van der Waals surface area contributed by atoms with Gasteiger partial charge in [0.15, 0.2) is 0 Å². The van der Waals surface area contributed by atoms with Gasteiger partial charge >= 0.3 is 0 Å². The first-order valence-corrected chi connectivity index (χ1v) is 7.40. The van der Waals surface area contributed by atoms with Gasteiger partial charge in [0.25, 0.3) is 5.91 Å². The Bertz CT molecular complexity index is 637. The Hall–Kier alpha value is -1.61. The Morgan fingerprint density at radius 2 is 1.90 bits per heavy atom. The van der Waals surface area contributed by atoms with Gasteiger partial charge in [-0.15, -0.1) is 0 Å². The lowest BCUT2D eigenvalue weighted by atomic mass is 10.00. The number of carbonyl (C=O) groups excluding carboxylic acids is 1. The van der Waals surface area contributed by atoms with Gasteiger partial charge in [-0.2, -0.15) is 0 Å². The number of amides is 1. The Kier molecular flexibility index (Phi) is 4.61. The highest BCUT2D eigenvalue weighted by atomic mass is 79.9. The summed E-state index contributed by atoms with van der Waals surface area (Å²) in [5.74, 6) is -0.0567. The molecule has 0 aliphatic rings. The molecule has 20 heavy (non-hydrogen) atoms. The van der Waals surface area contributed by atoms with Gasteiger partial charge in [-0.25, -0.2) is 0 Å². The molecule has 1 N–H and O–H groups in total. The highest BCUT2D eigenvalue weighted by Gasteiger charge is 2.13. The highest BCUT2D eigenvalue weighted by Crippen LogP contribution is 2.19. The summed E-state index contributed by atoms with van der Waals surface area (Å²) >= 11 is 3.38. The Balaban J connectivity index is 2.15. The van der Waals surface area contributed by atoms with Crippen LogP contribution in [0, 0.1) is 13.8 Å². The molecule has 0 bridgehead atoms. The summed E-state index contributed by atoms with van der Waals surface area (Å²) in [6, 6.07) is 13.7. The van der Waals surface area contributed by atoms with Gasteiger partial charge in [0.2, 0.25) is 0 Å². The SMILES string of the molecule is Cc1ccc(C(C)NC(=O)c2cccc(Br)c2)c(C)c1. The first kappa shape index (κ1) is 14.8. The lowest BCUT2D eigenvalue weighted by molar-refractivity contribution is 0.0940. The molecule has 1 unspecified atom stereocenters. The molecule has 0 spiro atoms. The molecule has 1 amide bonds. The van der Waals surface area contributed by atoms with Crippen LogP contribution in [0.25, 0.3) is 0 Å². The molecule has 3 heteroatoms. The van der Waals surface area contributed by atoms with Gasteiger partial charge in [-0.3, -0.25) is 4.79 Å². The predicted octanol–water partition coefficient (Wildman–Crippen LogP) is 4.56. The summed E-state index contributed by atoms with van der Waals surface area (Å²) in [5, 5.41) is 3.04. The van der Waals surface area contributed by atoms with Gasteiger partial charge in [0, 0.05) is 10.0 Å². The van der Waals surface area contributed by atoms with Gasteiger partial charge < -0.3 is 5.32 Å². The van der Waals surface area contributed by atoms with Gasteiger partial charge in [-0.1, -0.05) is 45.8 Å². The van der Waals surface area contributed by atoms with E-state index in [0.29, 0.717) is 5.56 Å². The maximum Gasteiger partial charge on any atom is 0.251 e. The summed E-state index contributed by atoms with van der Waals surface area (Å²) in [6.45, 7) is 6.15. The third-order valence-corrected chi connectivity index (χ3v) is 3.82. The van der Waals surface area contributed by atoms with E-state index < -0.39 is 0 Å². The predicted molar refractivity (Wildman–Crippen MR) is 85.9 cm³/mol. The van der Waals surface area contributed by atoms with Crippen LogP contribution in [0.3, 0.4) is 0 Å². The van der Waals surface area contributed by atoms with Crippen LogP contribution in [-0.4, -0.2) is 5.91 Å².